The summed E-state index contributed by atoms with van der Waals surface area (Å²) >= 11 is 2.94. The second-order valence-electron chi connectivity index (χ2n) is 0.692. The van der Waals surface area contributed by atoms with Gasteiger partial charge in [-0.1, -0.05) is 0 Å². The molecule has 1 aromatic rings. The van der Waals surface area contributed by atoms with Crippen LogP contribution in [0.3, 0.4) is 0 Å². The van der Waals surface area contributed by atoms with Crippen molar-refractivity contribution in [3.8, 4) is 0 Å². The van der Waals surface area contributed by atoms with Crippen LogP contribution < -0.4 is 0 Å². The summed E-state index contributed by atoms with van der Waals surface area (Å²) in [6.07, 6.45) is 1.25. The fourth-order valence-electron chi connectivity index (χ4n) is 0.160. The minimum absolute atomic E-state index is 0.419. The third-order valence-corrected chi connectivity index (χ3v) is 0.679. The first kappa shape index (κ1) is 3.80. The van der Waals surface area contributed by atoms with E-state index in [-0.39, 0.29) is 0 Å². The van der Waals surface area contributed by atoms with Crippen molar-refractivity contribution in [3.63, 3.8) is 0 Å². The molecule has 0 aliphatic heterocycles. The van der Waals surface area contributed by atoms with Gasteiger partial charge in [0.1, 0.15) is 0 Å². The number of hydrogen-bond acceptors (Lipinski definition) is 3. The second-order valence-corrected chi connectivity index (χ2v) is 1.37. The van der Waals surface area contributed by atoms with Gasteiger partial charge in [0.15, 0.2) is 0 Å². The Hall–Kier alpha value is -0.380. The van der Waals surface area contributed by atoms with E-state index in [9.17, 15) is 0 Å². The minimum atomic E-state index is 0.419. The Kier molecular flexibility index (Phi) is 0.874. The van der Waals surface area contributed by atoms with E-state index in [1.807, 2.05) is 0 Å². The van der Waals surface area contributed by atoms with E-state index in [0.717, 1.165) is 0 Å². The van der Waals surface area contributed by atoms with Crippen LogP contribution in [0.4, 0.5) is 0 Å². The molecule has 6 heavy (non-hydrogen) atoms. The molecule has 32 valence electrons. The molecule has 0 fully saturated rings. The largest absolute Gasteiger partial charge is 0.419 e. The number of halogens is 1. The van der Waals surface area contributed by atoms with Crippen LogP contribution in [0, 0.1) is 0 Å². The predicted molar refractivity (Wildman–Crippen MR) is 22.0 cm³/mol. The van der Waals surface area contributed by atoms with E-state index in [4.69, 9.17) is 0 Å². The maximum Gasteiger partial charge on any atom is 0.284 e. The van der Waals surface area contributed by atoms with E-state index < -0.39 is 0 Å². The summed E-state index contributed by atoms with van der Waals surface area (Å²) in [6.45, 7) is 0. The first-order valence-corrected chi connectivity index (χ1v) is 2.10. The molecule has 1 rings (SSSR count). The first-order valence-electron chi connectivity index (χ1n) is 1.31. The van der Waals surface area contributed by atoms with Gasteiger partial charge in [-0.25, -0.2) is 0 Å². The molecule has 3 nitrogen and oxygen atoms in total. The van der Waals surface area contributed by atoms with Crippen LogP contribution >= 0.6 is 15.9 Å². The van der Waals surface area contributed by atoms with Crippen molar-refractivity contribution in [1.82, 2.24) is 10.2 Å². The normalized spacial score (nSPS) is 8.83. The molecule has 0 atom stereocenters. The minimum Gasteiger partial charge on any atom is -0.419 e. The van der Waals surface area contributed by atoms with Gasteiger partial charge in [0.2, 0.25) is 6.39 Å². The molecular formula is C2HBrN2O. The molecule has 0 aromatic carbocycles. The lowest BCUT2D eigenvalue weighted by molar-refractivity contribution is 0.525. The Bertz CT molecular complexity index is 115. The summed E-state index contributed by atoms with van der Waals surface area (Å²) in [5, 5.41) is 6.77. The number of hydrogen-bond donors (Lipinski definition) is 0. The molecule has 0 aliphatic rings. The van der Waals surface area contributed by atoms with E-state index in [1.54, 1.807) is 0 Å². The molecule has 0 bridgehead atoms. The van der Waals surface area contributed by atoms with E-state index in [1.165, 1.54) is 6.39 Å². The summed E-state index contributed by atoms with van der Waals surface area (Å²) in [4.78, 5) is 0.419. The molecule has 0 aliphatic carbocycles. The lowest BCUT2D eigenvalue weighted by Crippen LogP contribution is -1.59. The lowest BCUT2D eigenvalue weighted by Gasteiger charge is -1.60. The van der Waals surface area contributed by atoms with Crippen LogP contribution in [-0.2, 0) is 0 Å². The van der Waals surface area contributed by atoms with Gasteiger partial charge in [0, 0.05) is 15.9 Å². The predicted octanol–water partition coefficient (Wildman–Crippen LogP) is 0.832. The van der Waals surface area contributed by atoms with Gasteiger partial charge in [0.25, 0.3) is 4.80 Å². The van der Waals surface area contributed by atoms with E-state index in [0.29, 0.717) is 4.80 Å². The highest BCUT2D eigenvalue weighted by molar-refractivity contribution is 9.10. The topological polar surface area (TPSA) is 38.9 Å². The lowest BCUT2D eigenvalue weighted by atomic mass is 11.5. The van der Waals surface area contributed by atoms with Gasteiger partial charge >= 0.3 is 0 Å². The van der Waals surface area contributed by atoms with Gasteiger partial charge < -0.3 is 4.42 Å². The van der Waals surface area contributed by atoms with Crippen molar-refractivity contribution >= 4 is 15.9 Å². The molecular weight excluding hydrogens is 148 g/mol. The molecule has 0 unspecified atom stereocenters. The smallest absolute Gasteiger partial charge is 0.284 e. The number of nitrogens with zero attached hydrogens (tertiary/aromatic N) is 2. The van der Waals surface area contributed by atoms with Gasteiger partial charge in [-0.15, -0.1) is 10.2 Å². The maximum absolute atomic E-state index is 4.53. The third-order valence-electron chi connectivity index (χ3n) is 0.333. The van der Waals surface area contributed by atoms with Gasteiger partial charge in [-0.2, -0.15) is 0 Å². The standard InChI is InChI=1S/C2HBrN2O/c3-2-5-4-1-6-2/h1H. The Labute approximate surface area is 42.5 Å². The summed E-state index contributed by atoms with van der Waals surface area (Å²) in [7, 11) is 0. The zero-order chi connectivity index (χ0) is 4.41. The quantitative estimate of drug-likeness (QED) is 0.548. The van der Waals surface area contributed by atoms with Gasteiger partial charge in [-0.05, 0) is 0 Å². The highest BCUT2D eigenvalue weighted by Gasteiger charge is 1.82. The van der Waals surface area contributed by atoms with Crippen molar-refractivity contribution in [2.75, 3.05) is 0 Å². The first-order chi connectivity index (χ1) is 2.89. The average molecular weight is 149 g/mol. The van der Waals surface area contributed by atoms with Crippen LogP contribution in [0.2, 0.25) is 0 Å². The highest BCUT2D eigenvalue weighted by Crippen LogP contribution is 1.98. The summed E-state index contributed by atoms with van der Waals surface area (Å²) in [6, 6.07) is 0. The van der Waals surface area contributed by atoms with Crippen molar-refractivity contribution < 1.29 is 4.42 Å². The third kappa shape index (κ3) is 0.567. The second kappa shape index (κ2) is 1.38. The molecule has 0 radical (unpaired) electrons. The molecule has 0 saturated heterocycles. The van der Waals surface area contributed by atoms with E-state index in [2.05, 4.69) is 30.5 Å². The Balaban J connectivity index is 3.05. The average Bonchev–Trinajstić information content (AvgIpc) is 1.86. The van der Waals surface area contributed by atoms with Crippen molar-refractivity contribution in [1.29, 1.82) is 0 Å². The Morgan fingerprint density at radius 1 is 1.83 bits per heavy atom. The summed E-state index contributed by atoms with van der Waals surface area (Å²) < 4.78 is 4.53. The molecule has 0 N–H and O–H groups in total. The Morgan fingerprint density at radius 2 is 2.67 bits per heavy atom. The fraction of sp³-hybridized carbons (Fsp3) is 0. The molecule has 0 amide bonds. The zero-order valence-electron chi connectivity index (χ0n) is 2.76. The molecule has 1 aromatic heterocycles. The SMILES string of the molecule is Brc1nnco1. The van der Waals surface area contributed by atoms with Crippen molar-refractivity contribution in [2.45, 2.75) is 0 Å². The van der Waals surface area contributed by atoms with Gasteiger partial charge in [-0.3, -0.25) is 0 Å². The zero-order valence-corrected chi connectivity index (χ0v) is 4.34. The molecule has 0 saturated carbocycles. The van der Waals surface area contributed by atoms with Crippen LogP contribution in [0.25, 0.3) is 0 Å². The molecule has 1 heterocycles. The van der Waals surface area contributed by atoms with Crippen LogP contribution in [0.5, 0.6) is 0 Å². The van der Waals surface area contributed by atoms with Crippen LogP contribution in [0.1, 0.15) is 0 Å². The van der Waals surface area contributed by atoms with Gasteiger partial charge in [0.05, 0.1) is 0 Å². The highest BCUT2D eigenvalue weighted by atomic mass is 79.9. The van der Waals surface area contributed by atoms with Crippen LogP contribution in [-0.4, -0.2) is 10.2 Å². The number of rotatable bonds is 0. The monoisotopic (exact) mass is 148 g/mol. The maximum atomic E-state index is 4.53. The fourth-order valence-corrected chi connectivity index (χ4v) is 0.335. The van der Waals surface area contributed by atoms with Crippen molar-refractivity contribution in [2.24, 2.45) is 0 Å². The molecule has 0 spiro atoms. The van der Waals surface area contributed by atoms with Crippen LogP contribution in [0.15, 0.2) is 15.6 Å². The number of aromatic nitrogens is 2. The van der Waals surface area contributed by atoms with E-state index >= 15 is 0 Å². The van der Waals surface area contributed by atoms with Crippen molar-refractivity contribution in [3.05, 3.63) is 11.2 Å². The summed E-state index contributed by atoms with van der Waals surface area (Å²) in [5.74, 6) is 0. The molecule has 4 heteroatoms. The Morgan fingerprint density at radius 3 is 2.83 bits per heavy atom. The summed E-state index contributed by atoms with van der Waals surface area (Å²) in [5.41, 5.74) is 0.